The lowest BCUT2D eigenvalue weighted by Crippen LogP contribution is -2.70. The van der Waals surface area contributed by atoms with Crippen LogP contribution in [0.5, 0.6) is 0 Å². The molecule has 7 heteroatoms. The second-order valence-electron chi connectivity index (χ2n) is 11.0. The van der Waals surface area contributed by atoms with E-state index >= 15 is 4.79 Å². The van der Waals surface area contributed by atoms with E-state index in [0.29, 0.717) is 11.3 Å². The monoisotopic (exact) mass is 602 g/mol. The van der Waals surface area contributed by atoms with Gasteiger partial charge in [0, 0.05) is 5.56 Å². The number of nitrogens with one attached hydrogen (secondary N) is 1. The van der Waals surface area contributed by atoms with Gasteiger partial charge in [0.15, 0.2) is 5.54 Å². The highest BCUT2D eigenvalue weighted by atomic mass is 32.1. The molecule has 1 aromatic heterocycles. The first-order valence-corrected chi connectivity index (χ1v) is 15.7. The van der Waals surface area contributed by atoms with E-state index in [2.05, 4.69) is 5.32 Å². The molecule has 2 N–H and O–H groups in total. The fourth-order valence-electron chi connectivity index (χ4n) is 6.30. The molecular formula is C37H34N2O4S. The smallest absolute Gasteiger partial charge is 0.327 e. The predicted molar refractivity (Wildman–Crippen MR) is 173 cm³/mol. The Morgan fingerprint density at radius 1 is 0.864 bits per heavy atom. The number of ether oxygens (including phenoxy) is 1. The van der Waals surface area contributed by atoms with Gasteiger partial charge in [-0.2, -0.15) is 11.3 Å². The molecule has 0 aliphatic carbocycles. The van der Waals surface area contributed by atoms with E-state index in [4.69, 9.17) is 4.74 Å². The summed E-state index contributed by atoms with van der Waals surface area (Å²) in [4.78, 5) is 30.7. The molecule has 1 unspecified atom stereocenters. The van der Waals surface area contributed by atoms with Crippen LogP contribution in [0.1, 0.15) is 47.2 Å². The SMILES string of the molecule is CC[C@](NC(c1ccccc1)c1ccccc1)(C(=O)O)C1(OCc2ccsc2)C(=O)N(Cc2ccccc2)c2ccccc21. The Bertz CT molecular complexity index is 1670. The first kappa shape index (κ1) is 29.5. The minimum Gasteiger partial charge on any atom is -0.480 e. The van der Waals surface area contributed by atoms with E-state index < -0.39 is 29.1 Å². The van der Waals surface area contributed by atoms with Gasteiger partial charge in [0.1, 0.15) is 0 Å². The van der Waals surface area contributed by atoms with E-state index in [9.17, 15) is 9.90 Å². The lowest BCUT2D eigenvalue weighted by molar-refractivity contribution is -0.181. The molecule has 222 valence electrons. The number of carboxylic acid groups (broad SMARTS) is 1. The standard InChI is InChI=1S/C37H34N2O4S/c1-2-36(35(41)42,38-33(29-16-8-4-9-17-29)30-18-10-5-11-19-30)37(43-25-28-22-23-44-26-28)31-20-12-13-21-32(31)39(34(37)40)24-27-14-6-3-7-15-27/h3-23,26,33,38H,2,24-25H2,1H3,(H,41,42)/t36-,37?/m0/s1. The Kier molecular flexibility index (Phi) is 8.44. The highest BCUT2D eigenvalue weighted by Crippen LogP contribution is 2.52. The van der Waals surface area contributed by atoms with Crippen molar-refractivity contribution in [1.29, 1.82) is 0 Å². The van der Waals surface area contributed by atoms with Gasteiger partial charge in [-0.15, -0.1) is 0 Å². The average Bonchev–Trinajstić information content (AvgIpc) is 3.68. The largest absolute Gasteiger partial charge is 0.480 e. The molecule has 0 spiro atoms. The van der Waals surface area contributed by atoms with Crippen LogP contribution in [-0.2, 0) is 33.1 Å². The van der Waals surface area contributed by atoms with Gasteiger partial charge in [-0.1, -0.05) is 116 Å². The molecule has 44 heavy (non-hydrogen) atoms. The van der Waals surface area contributed by atoms with Crippen molar-refractivity contribution in [2.75, 3.05) is 4.90 Å². The molecule has 6 rings (SSSR count). The van der Waals surface area contributed by atoms with Gasteiger partial charge < -0.3 is 14.7 Å². The summed E-state index contributed by atoms with van der Waals surface area (Å²) in [6.07, 6.45) is 0.0708. The third-order valence-electron chi connectivity index (χ3n) is 8.49. The van der Waals surface area contributed by atoms with Crippen molar-refractivity contribution in [3.8, 4) is 0 Å². The van der Waals surface area contributed by atoms with Crippen LogP contribution in [0.3, 0.4) is 0 Å². The number of carboxylic acids is 1. The van der Waals surface area contributed by atoms with Crippen LogP contribution >= 0.6 is 11.3 Å². The van der Waals surface area contributed by atoms with Crippen molar-refractivity contribution in [3.63, 3.8) is 0 Å². The Morgan fingerprint density at radius 2 is 1.45 bits per heavy atom. The Labute approximate surface area is 261 Å². The summed E-state index contributed by atoms with van der Waals surface area (Å²) < 4.78 is 6.80. The molecule has 0 saturated carbocycles. The minimum atomic E-state index is -1.89. The molecule has 2 atom stereocenters. The summed E-state index contributed by atoms with van der Waals surface area (Å²) in [6.45, 7) is 2.15. The van der Waals surface area contributed by atoms with Gasteiger partial charge in [0.25, 0.3) is 5.91 Å². The number of carbonyl (C=O) groups excluding carboxylic acids is 1. The summed E-state index contributed by atoms with van der Waals surface area (Å²) in [7, 11) is 0. The van der Waals surface area contributed by atoms with Crippen molar-refractivity contribution >= 4 is 28.9 Å². The maximum Gasteiger partial charge on any atom is 0.327 e. The number of amides is 1. The van der Waals surface area contributed by atoms with Crippen molar-refractivity contribution in [1.82, 2.24) is 5.32 Å². The molecule has 2 heterocycles. The van der Waals surface area contributed by atoms with Crippen LogP contribution in [0.15, 0.2) is 132 Å². The van der Waals surface area contributed by atoms with Crippen molar-refractivity contribution in [2.45, 2.75) is 43.7 Å². The number of hydrogen-bond donors (Lipinski definition) is 2. The van der Waals surface area contributed by atoms with Gasteiger partial charge in [0.05, 0.1) is 24.9 Å². The molecule has 1 aliphatic rings. The number of anilines is 1. The number of para-hydroxylation sites is 1. The number of fused-ring (bicyclic) bond motifs is 1. The normalized spacial score (nSPS) is 17.4. The van der Waals surface area contributed by atoms with Crippen molar-refractivity contribution in [2.24, 2.45) is 0 Å². The number of rotatable bonds is 12. The molecule has 4 aromatic carbocycles. The van der Waals surface area contributed by atoms with Crippen LogP contribution in [0.2, 0.25) is 0 Å². The number of aliphatic carboxylic acids is 1. The first-order valence-electron chi connectivity index (χ1n) is 14.7. The zero-order chi connectivity index (χ0) is 30.6. The van der Waals surface area contributed by atoms with E-state index in [1.54, 1.807) is 11.8 Å². The summed E-state index contributed by atoms with van der Waals surface area (Å²) >= 11 is 1.53. The lowest BCUT2D eigenvalue weighted by Gasteiger charge is -2.46. The molecule has 0 fully saturated rings. The van der Waals surface area contributed by atoms with E-state index in [1.165, 1.54) is 11.3 Å². The topological polar surface area (TPSA) is 78.9 Å². The summed E-state index contributed by atoms with van der Waals surface area (Å²) in [6, 6.07) is 38.0. The first-order chi connectivity index (χ1) is 21.5. The maximum absolute atomic E-state index is 15.1. The van der Waals surface area contributed by atoms with Crippen LogP contribution in [0.25, 0.3) is 0 Å². The summed E-state index contributed by atoms with van der Waals surface area (Å²) in [5.41, 5.74) is 0.994. The van der Waals surface area contributed by atoms with E-state index in [0.717, 1.165) is 22.3 Å². The van der Waals surface area contributed by atoms with E-state index in [1.807, 2.05) is 132 Å². The Morgan fingerprint density at radius 3 is 2.02 bits per heavy atom. The van der Waals surface area contributed by atoms with Crippen LogP contribution < -0.4 is 10.2 Å². The van der Waals surface area contributed by atoms with Gasteiger partial charge >= 0.3 is 5.97 Å². The average molecular weight is 603 g/mol. The van der Waals surface area contributed by atoms with Gasteiger partial charge in [-0.05, 0) is 51.6 Å². The Balaban J connectivity index is 1.56. The summed E-state index contributed by atoms with van der Waals surface area (Å²) in [5, 5.41) is 18.8. The van der Waals surface area contributed by atoms with Crippen LogP contribution in [0.4, 0.5) is 5.69 Å². The molecular weight excluding hydrogens is 568 g/mol. The lowest BCUT2D eigenvalue weighted by atomic mass is 9.72. The quantitative estimate of drug-likeness (QED) is 0.156. The van der Waals surface area contributed by atoms with Crippen LogP contribution in [-0.4, -0.2) is 22.5 Å². The van der Waals surface area contributed by atoms with Crippen molar-refractivity contribution < 1.29 is 19.4 Å². The zero-order valence-corrected chi connectivity index (χ0v) is 25.2. The number of thiophene rings is 1. The highest BCUT2D eigenvalue weighted by Gasteiger charge is 2.68. The third kappa shape index (κ3) is 5.13. The maximum atomic E-state index is 15.1. The molecule has 1 aliphatic heterocycles. The molecule has 0 radical (unpaired) electrons. The minimum absolute atomic E-state index is 0.0702. The number of carbonyl (C=O) groups is 2. The number of hydrogen-bond acceptors (Lipinski definition) is 5. The predicted octanol–water partition coefficient (Wildman–Crippen LogP) is 7.32. The summed E-state index contributed by atoms with van der Waals surface area (Å²) in [5.74, 6) is -1.57. The van der Waals surface area contributed by atoms with Gasteiger partial charge in [0.2, 0.25) is 5.60 Å². The van der Waals surface area contributed by atoms with E-state index in [-0.39, 0.29) is 19.6 Å². The third-order valence-corrected chi connectivity index (χ3v) is 9.22. The van der Waals surface area contributed by atoms with Crippen LogP contribution in [0, 0.1) is 0 Å². The molecule has 6 nitrogen and oxygen atoms in total. The number of benzene rings is 4. The second-order valence-corrected chi connectivity index (χ2v) is 11.7. The van der Waals surface area contributed by atoms with Gasteiger partial charge in [-0.25, -0.2) is 0 Å². The fourth-order valence-corrected chi connectivity index (χ4v) is 6.95. The molecule has 0 bridgehead atoms. The zero-order valence-electron chi connectivity index (χ0n) is 24.4. The highest BCUT2D eigenvalue weighted by molar-refractivity contribution is 7.07. The Hall–Kier alpha value is -4.56. The van der Waals surface area contributed by atoms with Gasteiger partial charge in [-0.3, -0.25) is 14.9 Å². The fraction of sp³-hybridized carbons (Fsp3) is 0.189. The molecule has 0 saturated heterocycles. The van der Waals surface area contributed by atoms with Crippen molar-refractivity contribution in [3.05, 3.63) is 160 Å². The molecule has 1 amide bonds. The molecule has 5 aromatic rings. The number of nitrogens with zero attached hydrogens (tertiary/aromatic N) is 1. The second kappa shape index (κ2) is 12.6.